The quantitative estimate of drug-likeness (QED) is 0.924. The van der Waals surface area contributed by atoms with Crippen molar-refractivity contribution in [1.82, 2.24) is 5.32 Å². The maximum atomic E-state index is 6.46. The predicted molar refractivity (Wildman–Crippen MR) is 85.7 cm³/mol. The van der Waals surface area contributed by atoms with Crippen LogP contribution in [0.2, 0.25) is 5.02 Å². The molecule has 20 heavy (non-hydrogen) atoms. The molecule has 1 heterocycles. The molecule has 0 aliphatic carbocycles. The highest BCUT2D eigenvalue weighted by Gasteiger charge is 2.18. The first-order chi connectivity index (χ1) is 9.47. The van der Waals surface area contributed by atoms with E-state index in [0.29, 0.717) is 0 Å². The van der Waals surface area contributed by atoms with E-state index in [0.717, 1.165) is 50.0 Å². The lowest BCUT2D eigenvalue weighted by Gasteiger charge is -2.28. The molecule has 112 valence electrons. The summed E-state index contributed by atoms with van der Waals surface area (Å²) in [7, 11) is 0. The third kappa shape index (κ3) is 4.37. The SMILES string of the molecule is CC(C)(C)NCc1cccc(Cl)c1N1CCCOCC1. The highest BCUT2D eigenvalue weighted by Crippen LogP contribution is 2.31. The average molecular weight is 297 g/mol. The van der Waals surface area contributed by atoms with Gasteiger partial charge in [0.2, 0.25) is 0 Å². The van der Waals surface area contributed by atoms with Crippen LogP contribution in [0.25, 0.3) is 0 Å². The van der Waals surface area contributed by atoms with Gasteiger partial charge in [0.25, 0.3) is 0 Å². The average Bonchev–Trinajstić information content (AvgIpc) is 2.64. The zero-order valence-electron chi connectivity index (χ0n) is 12.7. The van der Waals surface area contributed by atoms with Gasteiger partial charge < -0.3 is 15.0 Å². The maximum Gasteiger partial charge on any atom is 0.0642 e. The smallest absolute Gasteiger partial charge is 0.0642 e. The van der Waals surface area contributed by atoms with Crippen LogP contribution >= 0.6 is 11.6 Å². The molecule has 1 N–H and O–H groups in total. The molecule has 0 amide bonds. The summed E-state index contributed by atoms with van der Waals surface area (Å²) < 4.78 is 5.54. The Kier molecular flexibility index (Phi) is 5.30. The number of rotatable bonds is 3. The second-order valence-electron chi connectivity index (χ2n) is 6.30. The van der Waals surface area contributed by atoms with Gasteiger partial charge in [0.1, 0.15) is 0 Å². The molecule has 1 fully saturated rings. The first kappa shape index (κ1) is 15.6. The van der Waals surface area contributed by atoms with E-state index in [1.54, 1.807) is 0 Å². The largest absolute Gasteiger partial charge is 0.380 e. The molecule has 1 aliphatic rings. The van der Waals surface area contributed by atoms with Crippen molar-refractivity contribution in [3.63, 3.8) is 0 Å². The first-order valence-corrected chi connectivity index (χ1v) is 7.70. The molecule has 0 bridgehead atoms. The van der Waals surface area contributed by atoms with Crippen molar-refractivity contribution in [2.75, 3.05) is 31.2 Å². The van der Waals surface area contributed by atoms with E-state index >= 15 is 0 Å². The Morgan fingerprint density at radius 3 is 2.80 bits per heavy atom. The topological polar surface area (TPSA) is 24.5 Å². The van der Waals surface area contributed by atoms with Crippen molar-refractivity contribution in [2.24, 2.45) is 0 Å². The van der Waals surface area contributed by atoms with Crippen LogP contribution < -0.4 is 10.2 Å². The molecule has 4 heteroatoms. The van der Waals surface area contributed by atoms with E-state index in [1.165, 1.54) is 5.56 Å². The molecular weight excluding hydrogens is 272 g/mol. The van der Waals surface area contributed by atoms with Crippen molar-refractivity contribution >= 4 is 17.3 Å². The molecule has 1 saturated heterocycles. The van der Waals surface area contributed by atoms with Gasteiger partial charge in [0, 0.05) is 31.8 Å². The van der Waals surface area contributed by atoms with E-state index in [4.69, 9.17) is 16.3 Å². The number of ether oxygens (including phenoxy) is 1. The highest BCUT2D eigenvalue weighted by molar-refractivity contribution is 6.33. The lowest BCUT2D eigenvalue weighted by atomic mass is 10.1. The van der Waals surface area contributed by atoms with Crippen LogP contribution in [0.4, 0.5) is 5.69 Å². The minimum Gasteiger partial charge on any atom is -0.380 e. The Labute approximate surface area is 127 Å². The predicted octanol–water partition coefficient (Wildman–Crippen LogP) is 3.45. The lowest BCUT2D eigenvalue weighted by Crippen LogP contribution is -2.36. The van der Waals surface area contributed by atoms with Crippen LogP contribution in [0.15, 0.2) is 18.2 Å². The Bertz CT molecular complexity index is 435. The van der Waals surface area contributed by atoms with Gasteiger partial charge in [0.15, 0.2) is 0 Å². The second kappa shape index (κ2) is 6.79. The van der Waals surface area contributed by atoms with E-state index in [-0.39, 0.29) is 5.54 Å². The molecule has 0 saturated carbocycles. The molecule has 1 aliphatic heterocycles. The molecule has 0 aromatic heterocycles. The summed E-state index contributed by atoms with van der Waals surface area (Å²) in [6.45, 7) is 10.9. The van der Waals surface area contributed by atoms with Crippen LogP contribution in [0.5, 0.6) is 0 Å². The zero-order valence-corrected chi connectivity index (χ0v) is 13.5. The fraction of sp³-hybridized carbons (Fsp3) is 0.625. The van der Waals surface area contributed by atoms with Crippen molar-refractivity contribution in [1.29, 1.82) is 0 Å². The summed E-state index contributed by atoms with van der Waals surface area (Å²) in [6.07, 6.45) is 1.05. The molecular formula is C16H25ClN2O. The number of hydrogen-bond donors (Lipinski definition) is 1. The van der Waals surface area contributed by atoms with Crippen LogP contribution in [0.3, 0.4) is 0 Å². The Balaban J connectivity index is 2.21. The van der Waals surface area contributed by atoms with E-state index in [1.807, 2.05) is 12.1 Å². The minimum absolute atomic E-state index is 0.0987. The van der Waals surface area contributed by atoms with Crippen molar-refractivity contribution < 1.29 is 4.74 Å². The van der Waals surface area contributed by atoms with Crippen molar-refractivity contribution in [3.8, 4) is 0 Å². The van der Waals surface area contributed by atoms with E-state index in [2.05, 4.69) is 37.1 Å². The van der Waals surface area contributed by atoms with Gasteiger partial charge in [0.05, 0.1) is 17.3 Å². The molecule has 2 rings (SSSR count). The molecule has 0 atom stereocenters. The third-order valence-corrected chi connectivity index (χ3v) is 3.72. The van der Waals surface area contributed by atoms with Gasteiger partial charge in [-0.2, -0.15) is 0 Å². The second-order valence-corrected chi connectivity index (χ2v) is 6.71. The van der Waals surface area contributed by atoms with Gasteiger partial charge in [-0.05, 0) is 38.8 Å². The zero-order chi connectivity index (χ0) is 14.6. The number of hydrogen-bond acceptors (Lipinski definition) is 3. The van der Waals surface area contributed by atoms with Crippen LogP contribution in [0, 0.1) is 0 Å². The van der Waals surface area contributed by atoms with Gasteiger partial charge in [-0.15, -0.1) is 0 Å². The lowest BCUT2D eigenvalue weighted by molar-refractivity contribution is 0.152. The maximum absolute atomic E-state index is 6.46. The van der Waals surface area contributed by atoms with Crippen molar-refractivity contribution in [2.45, 2.75) is 39.3 Å². The highest BCUT2D eigenvalue weighted by atomic mass is 35.5. The van der Waals surface area contributed by atoms with Crippen LogP contribution in [-0.2, 0) is 11.3 Å². The van der Waals surface area contributed by atoms with Gasteiger partial charge in [-0.25, -0.2) is 0 Å². The first-order valence-electron chi connectivity index (χ1n) is 7.32. The Hall–Kier alpha value is -0.770. The standard InChI is InChI=1S/C16H25ClN2O/c1-16(2,3)18-12-13-6-4-7-14(17)15(13)19-8-5-10-20-11-9-19/h4,6-7,18H,5,8-12H2,1-3H3. The molecule has 3 nitrogen and oxygen atoms in total. The van der Waals surface area contributed by atoms with Gasteiger partial charge >= 0.3 is 0 Å². The number of anilines is 1. The number of para-hydroxylation sites is 1. The summed E-state index contributed by atoms with van der Waals surface area (Å²) in [4.78, 5) is 2.36. The monoisotopic (exact) mass is 296 g/mol. The molecule has 0 unspecified atom stereocenters. The molecule has 1 aromatic rings. The number of nitrogens with one attached hydrogen (secondary N) is 1. The van der Waals surface area contributed by atoms with E-state index < -0.39 is 0 Å². The number of nitrogens with zero attached hydrogens (tertiary/aromatic N) is 1. The summed E-state index contributed by atoms with van der Waals surface area (Å²) in [5, 5.41) is 4.38. The van der Waals surface area contributed by atoms with E-state index in [9.17, 15) is 0 Å². The third-order valence-electron chi connectivity index (χ3n) is 3.42. The molecule has 1 aromatic carbocycles. The van der Waals surface area contributed by atoms with Crippen LogP contribution in [0.1, 0.15) is 32.8 Å². The van der Waals surface area contributed by atoms with Gasteiger partial charge in [-0.1, -0.05) is 23.7 Å². The van der Waals surface area contributed by atoms with Crippen molar-refractivity contribution in [3.05, 3.63) is 28.8 Å². The van der Waals surface area contributed by atoms with Gasteiger partial charge in [-0.3, -0.25) is 0 Å². The fourth-order valence-corrected chi connectivity index (χ4v) is 2.70. The molecule has 0 spiro atoms. The number of halogens is 1. The summed E-state index contributed by atoms with van der Waals surface area (Å²) in [5.74, 6) is 0. The van der Waals surface area contributed by atoms with Crippen LogP contribution in [-0.4, -0.2) is 31.8 Å². The fourth-order valence-electron chi connectivity index (χ4n) is 2.39. The molecule has 0 radical (unpaired) electrons. The summed E-state index contributed by atoms with van der Waals surface area (Å²) in [6, 6.07) is 6.16. The minimum atomic E-state index is 0.0987. The number of benzene rings is 1. The summed E-state index contributed by atoms with van der Waals surface area (Å²) >= 11 is 6.46. The Morgan fingerprint density at radius 1 is 1.25 bits per heavy atom. The Morgan fingerprint density at radius 2 is 2.05 bits per heavy atom. The summed E-state index contributed by atoms with van der Waals surface area (Å²) in [5.41, 5.74) is 2.52. The normalized spacial score (nSPS) is 17.1.